The number of aliphatic imine (C=N–C) groups is 1. The third-order valence-electron chi connectivity index (χ3n) is 4.37. The van der Waals surface area contributed by atoms with Crippen LogP contribution in [0.25, 0.3) is 0 Å². The van der Waals surface area contributed by atoms with Crippen LogP contribution in [0.3, 0.4) is 0 Å². The molecule has 1 saturated carbocycles. The van der Waals surface area contributed by atoms with Gasteiger partial charge in [0.15, 0.2) is 5.17 Å². The molecule has 2 nitrogen and oxygen atoms in total. The van der Waals surface area contributed by atoms with Crippen molar-refractivity contribution in [2.75, 3.05) is 12.3 Å². The molecule has 16 heavy (non-hydrogen) atoms. The first-order valence-electron chi connectivity index (χ1n) is 6.45. The third kappa shape index (κ3) is 2.39. The van der Waals surface area contributed by atoms with Crippen molar-refractivity contribution in [1.29, 1.82) is 0 Å². The average Bonchev–Trinajstić information content (AvgIpc) is 2.96. The Bertz CT molecular complexity index is 294. The van der Waals surface area contributed by atoms with Crippen LogP contribution in [-0.2, 0) is 0 Å². The van der Waals surface area contributed by atoms with E-state index in [4.69, 9.17) is 4.99 Å². The second-order valence-corrected chi connectivity index (χ2v) is 6.93. The molecule has 3 heteroatoms. The highest BCUT2D eigenvalue weighted by Gasteiger charge is 2.45. The molecule has 1 heterocycles. The van der Waals surface area contributed by atoms with Gasteiger partial charge in [-0.25, -0.2) is 0 Å². The Morgan fingerprint density at radius 1 is 1.44 bits per heavy atom. The van der Waals surface area contributed by atoms with Crippen molar-refractivity contribution in [2.45, 2.75) is 52.5 Å². The van der Waals surface area contributed by atoms with E-state index in [1.807, 2.05) is 11.8 Å². The smallest absolute Gasteiger partial charge is 0.157 e. The van der Waals surface area contributed by atoms with Crippen molar-refractivity contribution in [3.63, 3.8) is 0 Å². The number of rotatable bonds is 4. The molecule has 2 rings (SSSR count). The van der Waals surface area contributed by atoms with Crippen molar-refractivity contribution in [3.05, 3.63) is 0 Å². The van der Waals surface area contributed by atoms with E-state index in [0.29, 0.717) is 5.41 Å². The third-order valence-corrected chi connectivity index (χ3v) is 5.66. The lowest BCUT2D eigenvalue weighted by Gasteiger charge is -2.21. The number of amidine groups is 1. The van der Waals surface area contributed by atoms with Gasteiger partial charge >= 0.3 is 0 Å². The second-order valence-electron chi connectivity index (χ2n) is 5.97. The van der Waals surface area contributed by atoms with E-state index in [9.17, 15) is 0 Å². The zero-order chi connectivity index (χ0) is 11.8. The summed E-state index contributed by atoms with van der Waals surface area (Å²) in [7, 11) is 0. The Kier molecular flexibility index (Phi) is 3.26. The maximum atomic E-state index is 4.79. The molecule has 2 aliphatic rings. The van der Waals surface area contributed by atoms with Crippen LogP contribution in [0.4, 0.5) is 0 Å². The first kappa shape index (κ1) is 12.3. The van der Waals surface area contributed by atoms with Crippen molar-refractivity contribution >= 4 is 16.9 Å². The number of nitrogens with zero attached hydrogens (tertiary/aromatic N) is 1. The van der Waals surface area contributed by atoms with Gasteiger partial charge < -0.3 is 5.32 Å². The van der Waals surface area contributed by atoms with Gasteiger partial charge in [0.2, 0.25) is 0 Å². The molecule has 0 aromatic heterocycles. The van der Waals surface area contributed by atoms with Crippen molar-refractivity contribution in [3.8, 4) is 0 Å². The van der Waals surface area contributed by atoms with Gasteiger partial charge in [-0.05, 0) is 37.5 Å². The molecule has 2 fully saturated rings. The fourth-order valence-corrected chi connectivity index (χ4v) is 3.35. The lowest BCUT2D eigenvalue weighted by molar-refractivity contribution is 0.370. The largest absolute Gasteiger partial charge is 0.359 e. The Morgan fingerprint density at radius 2 is 2.12 bits per heavy atom. The zero-order valence-electron chi connectivity index (χ0n) is 11.0. The summed E-state index contributed by atoms with van der Waals surface area (Å²) in [5, 5.41) is 4.75. The van der Waals surface area contributed by atoms with Gasteiger partial charge in [-0.1, -0.05) is 32.5 Å². The lowest BCUT2D eigenvalue weighted by Crippen LogP contribution is -2.39. The summed E-state index contributed by atoms with van der Waals surface area (Å²) in [6.07, 6.45) is 3.92. The summed E-state index contributed by atoms with van der Waals surface area (Å²) in [6, 6.07) is 0. The number of nitrogens with one attached hydrogen (secondary N) is 1. The Labute approximate surface area is 104 Å². The maximum Gasteiger partial charge on any atom is 0.157 e. The van der Waals surface area contributed by atoms with E-state index in [1.54, 1.807) is 0 Å². The van der Waals surface area contributed by atoms with E-state index in [0.717, 1.165) is 18.2 Å². The molecule has 92 valence electrons. The monoisotopic (exact) mass is 240 g/mol. The molecule has 0 spiro atoms. The van der Waals surface area contributed by atoms with Gasteiger partial charge in [-0.2, -0.15) is 0 Å². The Morgan fingerprint density at radius 3 is 2.56 bits per heavy atom. The fourth-order valence-electron chi connectivity index (χ4n) is 2.14. The molecule has 1 aliphatic heterocycles. The van der Waals surface area contributed by atoms with Crippen LogP contribution >= 0.6 is 11.8 Å². The van der Waals surface area contributed by atoms with Crippen molar-refractivity contribution in [2.24, 2.45) is 16.3 Å². The minimum atomic E-state index is 0.276. The molecule has 1 saturated heterocycles. The van der Waals surface area contributed by atoms with Crippen molar-refractivity contribution in [1.82, 2.24) is 5.32 Å². The lowest BCUT2D eigenvalue weighted by atomic mass is 9.93. The molecule has 0 aromatic rings. The zero-order valence-corrected chi connectivity index (χ0v) is 11.8. The second kappa shape index (κ2) is 4.25. The van der Waals surface area contributed by atoms with Crippen molar-refractivity contribution < 1.29 is 0 Å². The molecule has 1 unspecified atom stereocenters. The molecular weight excluding hydrogens is 216 g/mol. The molecule has 1 N–H and O–H groups in total. The Balaban J connectivity index is 1.90. The molecular formula is C13H24N2S. The minimum Gasteiger partial charge on any atom is -0.359 e. The number of thioether (sulfide) groups is 1. The first-order valence-corrected chi connectivity index (χ1v) is 7.44. The van der Waals surface area contributed by atoms with Gasteiger partial charge in [0, 0.05) is 17.8 Å². The highest BCUT2D eigenvalue weighted by atomic mass is 32.2. The summed E-state index contributed by atoms with van der Waals surface area (Å²) in [4.78, 5) is 4.79. The molecule has 0 bridgehead atoms. The van der Waals surface area contributed by atoms with Crippen LogP contribution < -0.4 is 5.32 Å². The van der Waals surface area contributed by atoms with Crippen LogP contribution in [-0.4, -0.2) is 23.0 Å². The highest BCUT2D eigenvalue weighted by Crippen LogP contribution is 2.52. The van der Waals surface area contributed by atoms with Crippen LogP contribution in [0.2, 0.25) is 0 Å². The highest BCUT2D eigenvalue weighted by molar-refractivity contribution is 8.14. The van der Waals surface area contributed by atoms with Gasteiger partial charge in [0.25, 0.3) is 0 Å². The molecule has 1 aliphatic carbocycles. The summed E-state index contributed by atoms with van der Waals surface area (Å²) in [6.45, 7) is 10.2. The molecule has 0 aromatic carbocycles. The van der Waals surface area contributed by atoms with E-state index in [-0.39, 0.29) is 5.54 Å². The maximum absolute atomic E-state index is 4.79. The van der Waals surface area contributed by atoms with Gasteiger partial charge in [0.05, 0.1) is 0 Å². The summed E-state index contributed by atoms with van der Waals surface area (Å²) >= 11 is 1.89. The standard InChI is InChI=1S/C13H24N2S/c1-5-12(4)9-16-11(15-12)14-8-13(6-7-13)10(2)3/h10H,5-9H2,1-4H3,(H,14,15). The minimum absolute atomic E-state index is 0.276. The predicted octanol–water partition coefficient (Wildman–Crippen LogP) is 3.28. The summed E-state index contributed by atoms with van der Waals surface area (Å²) in [5.74, 6) is 1.94. The van der Waals surface area contributed by atoms with E-state index < -0.39 is 0 Å². The summed E-state index contributed by atoms with van der Waals surface area (Å²) in [5.41, 5.74) is 0.818. The topological polar surface area (TPSA) is 24.4 Å². The van der Waals surface area contributed by atoms with Gasteiger partial charge in [-0.15, -0.1) is 0 Å². The number of hydrogen-bond donors (Lipinski definition) is 1. The quantitative estimate of drug-likeness (QED) is 0.815. The average molecular weight is 240 g/mol. The van der Waals surface area contributed by atoms with E-state index >= 15 is 0 Å². The van der Waals surface area contributed by atoms with Gasteiger partial charge in [-0.3, -0.25) is 4.99 Å². The van der Waals surface area contributed by atoms with Crippen LogP contribution in [0.1, 0.15) is 47.0 Å². The van der Waals surface area contributed by atoms with Crippen LogP contribution in [0.15, 0.2) is 4.99 Å². The molecule has 0 amide bonds. The van der Waals surface area contributed by atoms with Gasteiger partial charge in [0.1, 0.15) is 0 Å². The van der Waals surface area contributed by atoms with Crippen LogP contribution in [0, 0.1) is 11.3 Å². The Hall–Kier alpha value is -0.180. The fraction of sp³-hybridized carbons (Fsp3) is 0.923. The predicted molar refractivity (Wildman–Crippen MR) is 73.1 cm³/mol. The molecule has 1 atom stereocenters. The number of hydrogen-bond acceptors (Lipinski definition) is 2. The summed E-state index contributed by atoms with van der Waals surface area (Å²) < 4.78 is 0. The normalized spacial score (nSPS) is 34.4. The first-order chi connectivity index (χ1) is 7.50. The SMILES string of the molecule is CCC1(C)CSC(=NCC2(C(C)C)CC2)N1. The van der Waals surface area contributed by atoms with Crippen LogP contribution in [0.5, 0.6) is 0 Å². The van der Waals surface area contributed by atoms with E-state index in [1.165, 1.54) is 24.4 Å². The van der Waals surface area contributed by atoms with E-state index in [2.05, 4.69) is 33.0 Å². The molecule has 0 radical (unpaired) electrons.